The molecule has 1 amide bonds. The Morgan fingerprint density at radius 3 is 1.59 bits per heavy atom. The van der Waals surface area contributed by atoms with Gasteiger partial charge in [-0.2, -0.15) is 0 Å². The summed E-state index contributed by atoms with van der Waals surface area (Å²) < 4.78 is 6.67. The smallest absolute Gasteiger partial charge is 0.220 e. The van der Waals surface area contributed by atoms with Crippen LogP contribution in [0.2, 0.25) is 0 Å². The van der Waals surface area contributed by atoms with Crippen LogP contribution in [0.1, 0.15) is 114 Å². The molecule has 3 aromatic rings. The predicted molar refractivity (Wildman–Crippen MR) is 184 cm³/mol. The highest BCUT2D eigenvalue weighted by atomic mass is 16.5. The van der Waals surface area contributed by atoms with Crippen LogP contribution in [0, 0.1) is 0 Å². The Labute approximate surface area is 267 Å². The van der Waals surface area contributed by atoms with Crippen molar-refractivity contribution < 1.29 is 14.6 Å². The number of rotatable bonds is 23. The van der Waals surface area contributed by atoms with Crippen LogP contribution in [0.4, 0.5) is 0 Å². The molecule has 0 radical (unpaired) electrons. The van der Waals surface area contributed by atoms with Gasteiger partial charge in [0.05, 0.1) is 12.7 Å². The van der Waals surface area contributed by atoms with Gasteiger partial charge in [0.15, 0.2) is 0 Å². The summed E-state index contributed by atoms with van der Waals surface area (Å²) in [4.78, 5) is 12.5. The molecule has 3 aromatic carbocycles. The van der Waals surface area contributed by atoms with Crippen molar-refractivity contribution in [2.75, 3.05) is 13.2 Å². The quantitative estimate of drug-likeness (QED) is 0.0650. The van der Waals surface area contributed by atoms with Crippen LogP contribution in [0.15, 0.2) is 103 Å². The first-order chi connectivity index (χ1) is 21.7. The van der Waals surface area contributed by atoms with Crippen LogP contribution < -0.4 is 5.32 Å². The van der Waals surface area contributed by atoms with Gasteiger partial charge in [0.25, 0.3) is 0 Å². The van der Waals surface area contributed by atoms with Crippen molar-refractivity contribution in [2.45, 2.75) is 109 Å². The molecule has 3 rings (SSSR count). The summed E-state index contributed by atoms with van der Waals surface area (Å²) in [6.07, 6.45) is 20.4. The van der Waals surface area contributed by atoms with E-state index in [1.165, 1.54) is 57.8 Å². The van der Waals surface area contributed by atoms with E-state index in [2.05, 4.69) is 60.8 Å². The maximum atomic E-state index is 12.5. The van der Waals surface area contributed by atoms with E-state index in [-0.39, 0.29) is 19.1 Å². The maximum absolute atomic E-state index is 12.5. The van der Waals surface area contributed by atoms with E-state index in [1.54, 1.807) is 0 Å². The van der Waals surface area contributed by atoms with Crippen molar-refractivity contribution in [3.63, 3.8) is 0 Å². The third kappa shape index (κ3) is 12.4. The first-order valence-corrected chi connectivity index (χ1v) is 17.1. The molecule has 2 N–H and O–H groups in total. The number of carbonyl (C=O) groups excluding carboxylic acids is 1. The lowest BCUT2D eigenvalue weighted by molar-refractivity contribution is -0.122. The highest BCUT2D eigenvalue weighted by Crippen LogP contribution is 2.40. The van der Waals surface area contributed by atoms with Crippen LogP contribution in [-0.4, -0.2) is 30.3 Å². The van der Waals surface area contributed by atoms with E-state index >= 15 is 0 Å². The van der Waals surface area contributed by atoms with Crippen molar-refractivity contribution >= 4 is 5.91 Å². The third-order valence-corrected chi connectivity index (χ3v) is 8.23. The highest BCUT2D eigenvalue weighted by molar-refractivity contribution is 5.75. The monoisotopic (exact) mass is 597 g/mol. The summed E-state index contributed by atoms with van der Waals surface area (Å²) >= 11 is 0. The molecule has 0 aliphatic rings. The van der Waals surface area contributed by atoms with Crippen LogP contribution in [0.25, 0.3) is 0 Å². The molecule has 1 unspecified atom stereocenters. The molecule has 0 aliphatic carbocycles. The Morgan fingerprint density at radius 1 is 0.682 bits per heavy atom. The fourth-order valence-electron chi connectivity index (χ4n) is 5.73. The number of amides is 1. The van der Waals surface area contributed by atoms with Crippen molar-refractivity contribution in [3.05, 3.63) is 120 Å². The molecule has 44 heavy (non-hydrogen) atoms. The van der Waals surface area contributed by atoms with Gasteiger partial charge in [0, 0.05) is 13.0 Å². The number of allylic oxidation sites excluding steroid dienone is 2. The van der Waals surface area contributed by atoms with Crippen molar-refractivity contribution in [3.8, 4) is 0 Å². The summed E-state index contributed by atoms with van der Waals surface area (Å²) in [6.45, 7) is 2.50. The molecule has 4 nitrogen and oxygen atoms in total. The number of carbonyl (C=O) groups is 1. The molecule has 0 spiro atoms. The van der Waals surface area contributed by atoms with Gasteiger partial charge >= 0.3 is 0 Å². The number of unbranched alkanes of at least 4 members (excludes halogenated alkanes) is 11. The molecule has 0 saturated heterocycles. The standard InChI is InChI=1S/C40H55NO3/c1-2-3-4-5-6-7-8-9-10-11-12-13-14-15-25-32-39(43)41-33-38(42)34-44-40(35-26-19-16-20-27-35,36-28-21-17-22-29-36)37-30-23-18-24-31-37/h9-10,16-24,26-31,38,42H,2-8,11-15,25,32-34H2,1H3,(H,41,43). The first-order valence-electron chi connectivity index (χ1n) is 17.1. The largest absolute Gasteiger partial charge is 0.389 e. The zero-order valence-electron chi connectivity index (χ0n) is 27.0. The number of ether oxygens (including phenoxy) is 1. The number of nitrogens with one attached hydrogen (secondary N) is 1. The molecule has 238 valence electrons. The zero-order valence-corrected chi connectivity index (χ0v) is 27.0. The van der Waals surface area contributed by atoms with Crippen molar-refractivity contribution in [2.24, 2.45) is 0 Å². The van der Waals surface area contributed by atoms with E-state index in [0.29, 0.717) is 6.42 Å². The van der Waals surface area contributed by atoms with E-state index < -0.39 is 11.7 Å². The maximum Gasteiger partial charge on any atom is 0.220 e. The minimum atomic E-state index is -0.890. The van der Waals surface area contributed by atoms with Gasteiger partial charge in [-0.3, -0.25) is 4.79 Å². The Balaban J connectivity index is 1.36. The number of benzene rings is 3. The molecule has 4 heteroatoms. The van der Waals surface area contributed by atoms with E-state index in [4.69, 9.17) is 4.74 Å². The normalized spacial score (nSPS) is 12.4. The Bertz CT molecular complexity index is 1070. The summed E-state index contributed by atoms with van der Waals surface area (Å²) in [6, 6.07) is 30.3. The topological polar surface area (TPSA) is 58.6 Å². The Kier molecular flexibility index (Phi) is 17.2. The zero-order chi connectivity index (χ0) is 31.1. The predicted octanol–water partition coefficient (Wildman–Crippen LogP) is 9.51. The number of hydrogen-bond donors (Lipinski definition) is 2. The molecule has 0 saturated carbocycles. The van der Waals surface area contributed by atoms with Gasteiger partial charge in [-0.05, 0) is 48.8 Å². The summed E-state index contributed by atoms with van der Waals surface area (Å²) in [5.41, 5.74) is 2.06. The van der Waals surface area contributed by atoms with E-state index in [9.17, 15) is 9.90 Å². The SMILES string of the molecule is CCCCCCCCC=CCCCCCCCC(=O)NCC(O)COC(c1ccccc1)(c1ccccc1)c1ccccc1. The molecule has 1 atom stereocenters. The minimum absolute atomic E-state index is 0.0119. The van der Waals surface area contributed by atoms with Gasteiger partial charge in [-0.1, -0.05) is 161 Å². The van der Waals surface area contributed by atoms with Crippen molar-refractivity contribution in [1.82, 2.24) is 5.32 Å². The molecule has 0 fully saturated rings. The molecular formula is C40H55NO3. The third-order valence-electron chi connectivity index (χ3n) is 8.23. The van der Waals surface area contributed by atoms with Crippen LogP contribution in [-0.2, 0) is 15.1 Å². The minimum Gasteiger partial charge on any atom is -0.389 e. The lowest BCUT2D eigenvalue weighted by atomic mass is 9.80. The second-order valence-corrected chi connectivity index (χ2v) is 11.9. The fraction of sp³-hybridized carbons (Fsp3) is 0.475. The summed E-state index contributed by atoms with van der Waals surface area (Å²) in [5.74, 6) is -0.0119. The second-order valence-electron chi connectivity index (χ2n) is 11.9. The average molecular weight is 598 g/mol. The molecular weight excluding hydrogens is 542 g/mol. The van der Waals surface area contributed by atoms with Crippen molar-refractivity contribution in [1.29, 1.82) is 0 Å². The van der Waals surface area contributed by atoms with Crippen LogP contribution >= 0.6 is 0 Å². The van der Waals surface area contributed by atoms with E-state index in [1.807, 2.05) is 54.6 Å². The molecule has 0 aliphatic heterocycles. The number of hydrogen-bond acceptors (Lipinski definition) is 3. The fourth-order valence-corrected chi connectivity index (χ4v) is 5.73. The first kappa shape index (κ1) is 35.3. The van der Waals surface area contributed by atoms with Gasteiger partial charge in [0.2, 0.25) is 5.91 Å². The van der Waals surface area contributed by atoms with Crippen LogP contribution in [0.5, 0.6) is 0 Å². The molecule has 0 aromatic heterocycles. The number of aliphatic hydroxyl groups excluding tert-OH is 1. The number of aliphatic hydroxyl groups is 1. The van der Waals surface area contributed by atoms with Gasteiger partial charge in [-0.15, -0.1) is 0 Å². The van der Waals surface area contributed by atoms with Crippen LogP contribution in [0.3, 0.4) is 0 Å². The summed E-state index contributed by atoms with van der Waals surface area (Å²) in [5, 5.41) is 13.8. The van der Waals surface area contributed by atoms with E-state index in [0.717, 1.165) is 42.4 Å². The van der Waals surface area contributed by atoms with Gasteiger partial charge in [0.1, 0.15) is 5.60 Å². The second kappa shape index (κ2) is 21.5. The average Bonchev–Trinajstić information content (AvgIpc) is 3.07. The Morgan fingerprint density at radius 2 is 1.11 bits per heavy atom. The lowest BCUT2D eigenvalue weighted by Crippen LogP contribution is -2.39. The molecule has 0 heterocycles. The molecule has 0 bridgehead atoms. The summed E-state index contributed by atoms with van der Waals surface area (Å²) in [7, 11) is 0. The Hall–Kier alpha value is -3.21. The van der Waals surface area contributed by atoms with Gasteiger partial charge < -0.3 is 15.2 Å². The van der Waals surface area contributed by atoms with Gasteiger partial charge in [-0.25, -0.2) is 0 Å². The lowest BCUT2D eigenvalue weighted by Gasteiger charge is -2.36. The highest BCUT2D eigenvalue weighted by Gasteiger charge is 2.38.